The summed E-state index contributed by atoms with van der Waals surface area (Å²) in [5.74, 6) is -0.891. The minimum atomic E-state index is -0.368. The number of halogens is 2. The number of benzene rings is 2. The molecule has 128 valence electrons. The first kappa shape index (κ1) is 17.2. The lowest BCUT2D eigenvalue weighted by atomic mass is 10.2. The summed E-state index contributed by atoms with van der Waals surface area (Å²) < 4.78 is 28.6. The van der Waals surface area contributed by atoms with Crippen molar-refractivity contribution in [2.24, 2.45) is 0 Å². The van der Waals surface area contributed by atoms with Gasteiger partial charge in [0.1, 0.15) is 11.6 Å². The average Bonchev–Trinajstić information content (AvgIpc) is 3.05. The lowest BCUT2D eigenvalue weighted by Crippen LogP contribution is -2.14. The molecular formula is C18H15F2N3OS. The van der Waals surface area contributed by atoms with Gasteiger partial charge in [0.25, 0.3) is 0 Å². The molecule has 1 N–H and O–H groups in total. The van der Waals surface area contributed by atoms with Gasteiger partial charge >= 0.3 is 0 Å². The molecule has 1 amide bonds. The third-order valence-corrected chi connectivity index (χ3v) is 4.45. The Balaban J connectivity index is 1.65. The van der Waals surface area contributed by atoms with Crippen LogP contribution in [0.4, 0.5) is 14.5 Å². The van der Waals surface area contributed by atoms with Gasteiger partial charge in [-0.1, -0.05) is 23.9 Å². The van der Waals surface area contributed by atoms with Crippen molar-refractivity contribution in [2.75, 3.05) is 11.1 Å². The Hall–Kier alpha value is -2.67. The molecule has 25 heavy (non-hydrogen) atoms. The number of carbonyl (C=O) groups is 1. The van der Waals surface area contributed by atoms with Crippen LogP contribution >= 0.6 is 11.8 Å². The summed E-state index contributed by atoms with van der Waals surface area (Å²) in [6, 6.07) is 10.7. The molecule has 0 atom stereocenters. The van der Waals surface area contributed by atoms with E-state index in [0.717, 1.165) is 0 Å². The predicted molar refractivity (Wildman–Crippen MR) is 94.0 cm³/mol. The number of hydrogen-bond donors (Lipinski definition) is 1. The van der Waals surface area contributed by atoms with Crippen LogP contribution in [0.25, 0.3) is 5.69 Å². The summed E-state index contributed by atoms with van der Waals surface area (Å²) in [5.41, 5.74) is 1.55. The topological polar surface area (TPSA) is 46.9 Å². The Kier molecular flexibility index (Phi) is 5.14. The highest BCUT2D eigenvalue weighted by atomic mass is 32.2. The molecule has 1 aromatic heterocycles. The number of anilines is 1. The van der Waals surface area contributed by atoms with Gasteiger partial charge in [-0.2, -0.15) is 0 Å². The van der Waals surface area contributed by atoms with E-state index in [1.54, 1.807) is 48.1 Å². The summed E-state index contributed by atoms with van der Waals surface area (Å²) >= 11 is 1.21. The summed E-state index contributed by atoms with van der Waals surface area (Å²) in [4.78, 5) is 16.2. The van der Waals surface area contributed by atoms with E-state index in [4.69, 9.17) is 0 Å². The van der Waals surface area contributed by atoms with E-state index in [0.29, 0.717) is 22.1 Å². The maximum absolute atomic E-state index is 13.5. The van der Waals surface area contributed by atoms with Crippen molar-refractivity contribution in [3.8, 4) is 5.69 Å². The molecule has 3 rings (SSSR count). The molecule has 0 bridgehead atoms. The SMILES string of the molecule is Cc1ccc(NC(=O)CSc2nccn2-c2cccc(F)c2)cc1F. The Morgan fingerprint density at radius 1 is 1.24 bits per heavy atom. The van der Waals surface area contributed by atoms with Crippen LogP contribution in [-0.2, 0) is 4.79 Å². The second-order valence-corrected chi connectivity index (χ2v) is 6.30. The molecule has 0 aliphatic heterocycles. The van der Waals surface area contributed by atoms with Gasteiger partial charge in [0.2, 0.25) is 5.91 Å². The highest BCUT2D eigenvalue weighted by Gasteiger charge is 2.10. The van der Waals surface area contributed by atoms with Crippen LogP contribution in [0.5, 0.6) is 0 Å². The van der Waals surface area contributed by atoms with Gasteiger partial charge in [0, 0.05) is 18.1 Å². The average molecular weight is 359 g/mol. The van der Waals surface area contributed by atoms with Crippen LogP contribution in [-0.4, -0.2) is 21.2 Å². The fraction of sp³-hybridized carbons (Fsp3) is 0.111. The van der Waals surface area contributed by atoms with E-state index < -0.39 is 0 Å². The number of imidazole rings is 1. The number of rotatable bonds is 5. The zero-order valence-electron chi connectivity index (χ0n) is 13.4. The number of amides is 1. The smallest absolute Gasteiger partial charge is 0.234 e. The molecule has 7 heteroatoms. The number of nitrogens with zero attached hydrogens (tertiary/aromatic N) is 2. The standard InChI is InChI=1S/C18H15F2N3OS/c1-12-5-6-14(10-16(12)20)22-17(24)11-25-18-21-7-8-23(18)15-4-2-3-13(19)9-15/h2-10H,11H2,1H3,(H,22,24). The van der Waals surface area contributed by atoms with Crippen molar-refractivity contribution in [1.29, 1.82) is 0 Å². The molecule has 0 saturated heterocycles. The largest absolute Gasteiger partial charge is 0.325 e. The molecule has 1 heterocycles. The number of aromatic nitrogens is 2. The molecule has 0 aliphatic rings. The minimum absolute atomic E-state index is 0.0990. The van der Waals surface area contributed by atoms with Crippen molar-refractivity contribution in [1.82, 2.24) is 9.55 Å². The monoisotopic (exact) mass is 359 g/mol. The molecule has 0 radical (unpaired) electrons. The Bertz CT molecular complexity index is 911. The maximum Gasteiger partial charge on any atom is 0.234 e. The van der Waals surface area contributed by atoms with Crippen molar-refractivity contribution < 1.29 is 13.6 Å². The molecule has 0 fully saturated rings. The predicted octanol–water partition coefficient (Wildman–Crippen LogP) is 4.19. The molecule has 0 aliphatic carbocycles. The Morgan fingerprint density at radius 2 is 2.08 bits per heavy atom. The number of aryl methyl sites for hydroxylation is 1. The van der Waals surface area contributed by atoms with E-state index in [9.17, 15) is 13.6 Å². The lowest BCUT2D eigenvalue weighted by Gasteiger charge is -2.08. The summed E-state index contributed by atoms with van der Waals surface area (Å²) in [6.07, 6.45) is 3.28. The summed E-state index contributed by atoms with van der Waals surface area (Å²) in [6.45, 7) is 1.66. The van der Waals surface area contributed by atoms with E-state index >= 15 is 0 Å². The van der Waals surface area contributed by atoms with Crippen LogP contribution < -0.4 is 5.32 Å². The van der Waals surface area contributed by atoms with Gasteiger partial charge in [0.15, 0.2) is 5.16 Å². The quantitative estimate of drug-likeness (QED) is 0.695. The highest BCUT2D eigenvalue weighted by molar-refractivity contribution is 7.99. The van der Waals surface area contributed by atoms with Gasteiger partial charge in [-0.25, -0.2) is 13.8 Å². The normalized spacial score (nSPS) is 10.7. The molecule has 0 unspecified atom stereocenters. The summed E-state index contributed by atoms with van der Waals surface area (Å²) in [5, 5.41) is 3.21. The van der Waals surface area contributed by atoms with Crippen LogP contribution in [0, 0.1) is 18.6 Å². The van der Waals surface area contributed by atoms with E-state index in [2.05, 4.69) is 10.3 Å². The van der Waals surface area contributed by atoms with Crippen LogP contribution in [0.2, 0.25) is 0 Å². The van der Waals surface area contributed by atoms with Crippen molar-refractivity contribution in [3.05, 3.63) is 72.1 Å². The van der Waals surface area contributed by atoms with Crippen LogP contribution in [0.15, 0.2) is 60.0 Å². The molecule has 0 saturated carbocycles. The Morgan fingerprint density at radius 3 is 2.84 bits per heavy atom. The first-order chi connectivity index (χ1) is 12.0. The fourth-order valence-corrected chi connectivity index (χ4v) is 2.99. The van der Waals surface area contributed by atoms with Crippen LogP contribution in [0.3, 0.4) is 0 Å². The number of thioether (sulfide) groups is 1. The first-order valence-electron chi connectivity index (χ1n) is 7.51. The van der Waals surface area contributed by atoms with E-state index in [1.807, 2.05) is 0 Å². The first-order valence-corrected chi connectivity index (χ1v) is 8.49. The lowest BCUT2D eigenvalue weighted by molar-refractivity contribution is -0.113. The highest BCUT2D eigenvalue weighted by Crippen LogP contribution is 2.21. The number of nitrogens with one attached hydrogen (secondary N) is 1. The van der Waals surface area contributed by atoms with Crippen molar-refractivity contribution in [3.63, 3.8) is 0 Å². The molecule has 3 aromatic rings. The molecule has 0 spiro atoms. The fourth-order valence-electron chi connectivity index (χ4n) is 2.22. The third-order valence-electron chi connectivity index (χ3n) is 3.48. The van der Waals surface area contributed by atoms with Crippen molar-refractivity contribution >= 4 is 23.4 Å². The number of hydrogen-bond acceptors (Lipinski definition) is 3. The van der Waals surface area contributed by atoms with Crippen molar-refractivity contribution in [2.45, 2.75) is 12.1 Å². The van der Waals surface area contributed by atoms with Crippen LogP contribution in [0.1, 0.15) is 5.56 Å². The maximum atomic E-state index is 13.5. The third kappa shape index (κ3) is 4.24. The zero-order chi connectivity index (χ0) is 17.8. The van der Waals surface area contributed by atoms with Gasteiger partial charge in [-0.15, -0.1) is 0 Å². The van der Waals surface area contributed by atoms with E-state index in [1.165, 1.54) is 30.0 Å². The van der Waals surface area contributed by atoms with Gasteiger partial charge in [-0.3, -0.25) is 9.36 Å². The second kappa shape index (κ2) is 7.48. The molecule has 4 nitrogen and oxygen atoms in total. The zero-order valence-corrected chi connectivity index (χ0v) is 14.2. The second-order valence-electron chi connectivity index (χ2n) is 5.36. The van der Waals surface area contributed by atoms with Gasteiger partial charge in [0.05, 0.1) is 11.4 Å². The number of carbonyl (C=O) groups excluding carboxylic acids is 1. The van der Waals surface area contributed by atoms with Gasteiger partial charge < -0.3 is 5.32 Å². The molecular weight excluding hydrogens is 344 g/mol. The summed E-state index contributed by atoms with van der Waals surface area (Å²) in [7, 11) is 0. The minimum Gasteiger partial charge on any atom is -0.325 e. The Labute approximate surface area is 147 Å². The van der Waals surface area contributed by atoms with Gasteiger partial charge in [-0.05, 0) is 42.8 Å². The molecule has 2 aromatic carbocycles. The van der Waals surface area contributed by atoms with E-state index in [-0.39, 0.29) is 23.3 Å².